The molecule has 0 radical (unpaired) electrons. The lowest BCUT2D eigenvalue weighted by atomic mass is 9.62. The summed E-state index contributed by atoms with van der Waals surface area (Å²) in [5, 5.41) is 21.1. The Bertz CT molecular complexity index is 1480. The van der Waals surface area contributed by atoms with Gasteiger partial charge >= 0.3 is 6.08 Å². The fourth-order valence-corrected chi connectivity index (χ4v) is 5.59. The zero-order chi connectivity index (χ0) is 23.8. The van der Waals surface area contributed by atoms with E-state index >= 15 is 4.39 Å². The normalized spacial score (nSPS) is 17.4. The van der Waals surface area contributed by atoms with E-state index in [1.54, 1.807) is 6.92 Å². The van der Waals surface area contributed by atoms with Crippen LogP contribution < -0.4 is 4.90 Å². The molecule has 3 heterocycles. The SMILES string of the molecule is CCc1c(F)ccc2cc(O)cc(-c3ncc4c(N5CC6(CC(O)C6)C5)nc(F)nc4c3F)c12. The molecule has 1 aliphatic heterocycles. The molecular weight excluding hydrogens is 445 g/mol. The van der Waals surface area contributed by atoms with Gasteiger partial charge in [0.2, 0.25) is 0 Å². The van der Waals surface area contributed by atoms with Gasteiger partial charge in [0, 0.05) is 30.3 Å². The van der Waals surface area contributed by atoms with Crippen LogP contribution in [0.25, 0.3) is 32.9 Å². The van der Waals surface area contributed by atoms with Crippen LogP contribution in [0.15, 0.2) is 30.5 Å². The number of aromatic hydroxyl groups is 1. The first kappa shape index (κ1) is 21.1. The fraction of sp³-hybridized carbons (Fsp3) is 0.320. The molecule has 0 atom stereocenters. The predicted molar refractivity (Wildman–Crippen MR) is 121 cm³/mol. The molecule has 0 bridgehead atoms. The average molecular weight is 466 g/mol. The molecule has 2 aromatic heterocycles. The Hall–Kier alpha value is -3.46. The van der Waals surface area contributed by atoms with Crippen LogP contribution in [0.2, 0.25) is 0 Å². The second kappa shape index (κ2) is 7.27. The quantitative estimate of drug-likeness (QED) is 0.433. The van der Waals surface area contributed by atoms with E-state index in [-0.39, 0.29) is 45.2 Å². The number of nitrogens with zero attached hydrogens (tertiary/aromatic N) is 4. The van der Waals surface area contributed by atoms with E-state index in [0.717, 1.165) is 0 Å². The summed E-state index contributed by atoms with van der Waals surface area (Å²) in [7, 11) is 0. The molecule has 1 saturated carbocycles. The fourth-order valence-electron chi connectivity index (χ4n) is 5.59. The number of pyridine rings is 1. The number of hydrogen-bond donors (Lipinski definition) is 2. The number of phenolic OH excluding ortho intramolecular Hbond substituents is 1. The summed E-state index contributed by atoms with van der Waals surface area (Å²) in [6.07, 6.45) is 1.75. The number of aliphatic hydroxyl groups excluding tert-OH is 1. The first-order chi connectivity index (χ1) is 16.3. The summed E-state index contributed by atoms with van der Waals surface area (Å²) < 4.78 is 44.8. The molecule has 1 aliphatic carbocycles. The first-order valence-electron chi connectivity index (χ1n) is 11.2. The van der Waals surface area contributed by atoms with Gasteiger partial charge in [0.1, 0.15) is 28.6 Å². The van der Waals surface area contributed by atoms with Crippen molar-refractivity contribution in [1.82, 2.24) is 15.0 Å². The number of aryl methyl sites for hydroxylation is 1. The number of anilines is 1. The number of benzene rings is 2. The van der Waals surface area contributed by atoms with Gasteiger partial charge in [-0.1, -0.05) is 13.0 Å². The number of phenols is 1. The number of rotatable bonds is 3. The van der Waals surface area contributed by atoms with Gasteiger partial charge in [-0.25, -0.2) is 8.78 Å². The van der Waals surface area contributed by atoms with Crippen LogP contribution >= 0.6 is 0 Å². The van der Waals surface area contributed by atoms with Crippen molar-refractivity contribution >= 4 is 27.5 Å². The van der Waals surface area contributed by atoms with Crippen LogP contribution in [-0.4, -0.2) is 44.4 Å². The average Bonchev–Trinajstić information content (AvgIpc) is 2.75. The van der Waals surface area contributed by atoms with Gasteiger partial charge in [0.15, 0.2) is 5.82 Å². The Morgan fingerprint density at radius 1 is 1.12 bits per heavy atom. The zero-order valence-corrected chi connectivity index (χ0v) is 18.3. The summed E-state index contributed by atoms with van der Waals surface area (Å²) in [6.45, 7) is 2.97. The molecule has 1 saturated heterocycles. The van der Waals surface area contributed by atoms with Crippen molar-refractivity contribution < 1.29 is 23.4 Å². The van der Waals surface area contributed by atoms with Crippen LogP contribution in [0.4, 0.5) is 19.0 Å². The molecule has 2 fully saturated rings. The van der Waals surface area contributed by atoms with E-state index in [9.17, 15) is 19.0 Å². The lowest BCUT2D eigenvalue weighted by molar-refractivity contribution is -0.0493. The molecule has 0 amide bonds. The van der Waals surface area contributed by atoms with Crippen LogP contribution in [0.5, 0.6) is 5.75 Å². The van der Waals surface area contributed by atoms with E-state index < -0.39 is 17.7 Å². The molecule has 2 aromatic carbocycles. The minimum absolute atomic E-state index is 0.000186. The molecule has 2 aliphatic rings. The van der Waals surface area contributed by atoms with Gasteiger partial charge < -0.3 is 15.1 Å². The number of aliphatic hydroxyl groups is 1. The van der Waals surface area contributed by atoms with Crippen LogP contribution in [0.3, 0.4) is 0 Å². The van der Waals surface area contributed by atoms with Crippen molar-refractivity contribution in [2.75, 3.05) is 18.0 Å². The highest BCUT2D eigenvalue weighted by atomic mass is 19.1. The summed E-state index contributed by atoms with van der Waals surface area (Å²) in [5.74, 6) is -1.17. The van der Waals surface area contributed by atoms with E-state index in [0.29, 0.717) is 48.7 Å². The van der Waals surface area contributed by atoms with Crippen molar-refractivity contribution in [3.8, 4) is 17.0 Å². The largest absolute Gasteiger partial charge is 0.508 e. The Kier molecular flexibility index (Phi) is 4.51. The summed E-state index contributed by atoms with van der Waals surface area (Å²) >= 11 is 0. The maximum absolute atomic E-state index is 15.8. The van der Waals surface area contributed by atoms with Crippen molar-refractivity contribution in [2.45, 2.75) is 32.3 Å². The molecule has 174 valence electrons. The van der Waals surface area contributed by atoms with Crippen molar-refractivity contribution in [3.05, 3.63) is 53.7 Å². The van der Waals surface area contributed by atoms with E-state index in [4.69, 9.17) is 0 Å². The summed E-state index contributed by atoms with van der Waals surface area (Å²) in [4.78, 5) is 13.8. The molecule has 2 N–H and O–H groups in total. The topological polar surface area (TPSA) is 82.4 Å². The van der Waals surface area contributed by atoms with E-state index in [2.05, 4.69) is 15.0 Å². The Morgan fingerprint density at radius 3 is 2.59 bits per heavy atom. The molecule has 9 heteroatoms. The number of hydrogen-bond acceptors (Lipinski definition) is 6. The monoisotopic (exact) mass is 466 g/mol. The van der Waals surface area contributed by atoms with Gasteiger partial charge in [0.25, 0.3) is 0 Å². The van der Waals surface area contributed by atoms with Gasteiger partial charge in [-0.05, 0) is 53.8 Å². The number of fused-ring (bicyclic) bond motifs is 2. The summed E-state index contributed by atoms with van der Waals surface area (Å²) in [6, 6.07) is 5.64. The smallest absolute Gasteiger partial charge is 0.311 e. The van der Waals surface area contributed by atoms with Crippen LogP contribution in [0, 0.1) is 23.1 Å². The van der Waals surface area contributed by atoms with Crippen LogP contribution in [0.1, 0.15) is 25.3 Å². The standard InChI is InChI=1S/C25H21F3N4O2/c1-2-15-18(26)4-3-12-5-13(33)6-16(19(12)15)21-20(27)22-17(9-29-21)23(31-24(28)30-22)32-10-25(11-32)7-14(34)8-25/h3-6,9,14,33-34H,2,7-8,10-11H2,1H3. The lowest BCUT2D eigenvalue weighted by Gasteiger charge is -2.58. The minimum Gasteiger partial charge on any atom is -0.508 e. The Labute approximate surface area is 192 Å². The highest BCUT2D eigenvalue weighted by Gasteiger charge is 2.52. The highest BCUT2D eigenvalue weighted by molar-refractivity contribution is 6.01. The predicted octanol–water partition coefficient (Wildman–Crippen LogP) is 4.49. The van der Waals surface area contributed by atoms with E-state index in [1.165, 1.54) is 30.5 Å². The van der Waals surface area contributed by atoms with Gasteiger partial charge in [0.05, 0.1) is 11.5 Å². The number of aromatic nitrogens is 3. The molecule has 6 rings (SSSR count). The van der Waals surface area contributed by atoms with Gasteiger partial charge in [-0.2, -0.15) is 14.4 Å². The maximum Gasteiger partial charge on any atom is 0.311 e. The van der Waals surface area contributed by atoms with E-state index in [1.807, 2.05) is 4.90 Å². The maximum atomic E-state index is 15.8. The van der Waals surface area contributed by atoms with Crippen molar-refractivity contribution in [1.29, 1.82) is 0 Å². The van der Waals surface area contributed by atoms with Crippen molar-refractivity contribution in [3.63, 3.8) is 0 Å². The van der Waals surface area contributed by atoms with Gasteiger partial charge in [-0.15, -0.1) is 0 Å². The first-order valence-corrected chi connectivity index (χ1v) is 11.2. The Balaban J connectivity index is 1.52. The second-order valence-corrected chi connectivity index (χ2v) is 9.39. The van der Waals surface area contributed by atoms with Crippen LogP contribution in [-0.2, 0) is 6.42 Å². The molecule has 4 aromatic rings. The molecule has 0 unspecified atom stereocenters. The minimum atomic E-state index is -1.06. The molecule has 6 nitrogen and oxygen atoms in total. The zero-order valence-electron chi connectivity index (χ0n) is 18.3. The third kappa shape index (κ3) is 3.03. The second-order valence-electron chi connectivity index (χ2n) is 9.39. The molecule has 1 spiro atoms. The third-order valence-corrected chi connectivity index (χ3v) is 7.09. The number of halogens is 3. The molecular formula is C25H21F3N4O2. The van der Waals surface area contributed by atoms with Gasteiger partial charge in [-0.3, -0.25) is 4.98 Å². The highest BCUT2D eigenvalue weighted by Crippen LogP contribution is 2.50. The third-order valence-electron chi connectivity index (χ3n) is 7.09. The van der Waals surface area contributed by atoms with Crippen molar-refractivity contribution in [2.24, 2.45) is 5.41 Å². The lowest BCUT2D eigenvalue weighted by Crippen LogP contribution is -2.64. The summed E-state index contributed by atoms with van der Waals surface area (Å²) in [5.41, 5.74) is 0.197. The molecule has 34 heavy (non-hydrogen) atoms. The Morgan fingerprint density at radius 2 is 1.88 bits per heavy atom.